The van der Waals surface area contributed by atoms with Crippen molar-refractivity contribution in [3.63, 3.8) is 0 Å². The van der Waals surface area contributed by atoms with Crippen molar-refractivity contribution in [3.8, 4) is 0 Å². The monoisotopic (exact) mass is 208 g/mol. The Balaban J connectivity index is 3.01. The summed E-state index contributed by atoms with van der Waals surface area (Å²) >= 11 is 0. The lowest BCUT2D eigenvalue weighted by molar-refractivity contribution is 1.58. The van der Waals surface area contributed by atoms with Gasteiger partial charge in [0, 0.05) is 0 Å². The number of rotatable bonds is 5. The Labute approximate surface area is 97.6 Å². The Kier molecular flexibility index (Phi) is 4.81. The molecule has 0 radical (unpaired) electrons. The highest BCUT2D eigenvalue weighted by atomic mass is 14.0. The molecule has 0 heterocycles. The summed E-state index contributed by atoms with van der Waals surface area (Å²) in [6, 6.07) is 10.1. The van der Waals surface area contributed by atoms with E-state index in [4.69, 9.17) is 0 Å². The van der Waals surface area contributed by atoms with Crippen LogP contribution < -0.4 is 0 Å². The van der Waals surface area contributed by atoms with Crippen LogP contribution in [0.25, 0.3) is 5.57 Å². The molecular weight excluding hydrogens is 192 g/mol. The third kappa shape index (κ3) is 3.25. The van der Waals surface area contributed by atoms with Gasteiger partial charge in [0.05, 0.1) is 0 Å². The molecule has 0 aliphatic carbocycles. The van der Waals surface area contributed by atoms with Crippen molar-refractivity contribution < 1.29 is 0 Å². The molecule has 0 aliphatic rings. The number of benzene rings is 1. The maximum atomic E-state index is 4.10. The molecule has 0 atom stereocenters. The van der Waals surface area contributed by atoms with E-state index >= 15 is 0 Å². The number of allylic oxidation sites excluding steroid dienone is 7. The van der Waals surface area contributed by atoms with Crippen molar-refractivity contribution in [1.29, 1.82) is 0 Å². The second kappa shape index (κ2) is 6.41. The van der Waals surface area contributed by atoms with Crippen molar-refractivity contribution in [2.24, 2.45) is 0 Å². The van der Waals surface area contributed by atoms with Crippen LogP contribution in [0.15, 0.2) is 86.0 Å². The van der Waals surface area contributed by atoms with E-state index in [0.717, 1.165) is 16.7 Å². The van der Waals surface area contributed by atoms with Gasteiger partial charge in [0.25, 0.3) is 0 Å². The zero-order valence-electron chi connectivity index (χ0n) is 9.39. The molecule has 0 N–H and O–H groups in total. The van der Waals surface area contributed by atoms with E-state index in [1.807, 2.05) is 48.6 Å². The van der Waals surface area contributed by atoms with E-state index in [1.54, 1.807) is 12.2 Å². The highest BCUT2D eigenvalue weighted by molar-refractivity contribution is 5.80. The van der Waals surface area contributed by atoms with E-state index in [0.29, 0.717) is 0 Å². The van der Waals surface area contributed by atoms with Gasteiger partial charge in [-0.2, -0.15) is 0 Å². The summed E-state index contributed by atoms with van der Waals surface area (Å²) in [4.78, 5) is 0. The van der Waals surface area contributed by atoms with Gasteiger partial charge in [-0.25, -0.2) is 0 Å². The number of hydrogen-bond acceptors (Lipinski definition) is 0. The van der Waals surface area contributed by atoms with E-state index in [-0.39, 0.29) is 0 Å². The Bertz CT molecular complexity index is 430. The molecule has 16 heavy (non-hydrogen) atoms. The molecule has 0 fully saturated rings. The Morgan fingerprint density at radius 3 is 2.25 bits per heavy atom. The molecule has 1 rings (SSSR count). The van der Waals surface area contributed by atoms with Crippen LogP contribution in [0.2, 0.25) is 0 Å². The summed E-state index contributed by atoms with van der Waals surface area (Å²) in [6.45, 7) is 11.5. The highest BCUT2D eigenvalue weighted by Gasteiger charge is 2.00. The number of hydrogen-bond donors (Lipinski definition) is 0. The minimum Gasteiger partial charge on any atom is -0.0991 e. The van der Waals surface area contributed by atoms with Gasteiger partial charge in [0.15, 0.2) is 0 Å². The zero-order chi connectivity index (χ0) is 11.8. The van der Waals surface area contributed by atoms with Crippen LogP contribution in [0.4, 0.5) is 0 Å². The zero-order valence-corrected chi connectivity index (χ0v) is 9.39. The van der Waals surface area contributed by atoms with Crippen LogP contribution >= 0.6 is 0 Å². The van der Waals surface area contributed by atoms with Gasteiger partial charge in [-0.1, -0.05) is 80.4 Å². The molecule has 0 saturated heterocycles. The highest BCUT2D eigenvalue weighted by Crippen LogP contribution is 2.21. The van der Waals surface area contributed by atoms with Crippen LogP contribution in [0.1, 0.15) is 5.56 Å². The summed E-state index contributed by atoms with van der Waals surface area (Å²) in [5.74, 6) is 0. The fourth-order valence-electron chi connectivity index (χ4n) is 1.36. The van der Waals surface area contributed by atoms with Gasteiger partial charge < -0.3 is 0 Å². The van der Waals surface area contributed by atoms with Crippen LogP contribution in [-0.4, -0.2) is 0 Å². The van der Waals surface area contributed by atoms with E-state index in [2.05, 4.69) is 19.7 Å². The second-order valence-electron chi connectivity index (χ2n) is 3.30. The Hall–Kier alpha value is -2.08. The summed E-state index contributed by atoms with van der Waals surface area (Å²) in [6.07, 6.45) is 9.31. The topological polar surface area (TPSA) is 0 Å². The molecular formula is C16H16. The first-order chi connectivity index (χ1) is 7.79. The van der Waals surface area contributed by atoms with Crippen molar-refractivity contribution in [2.45, 2.75) is 0 Å². The van der Waals surface area contributed by atoms with Gasteiger partial charge in [-0.3, -0.25) is 0 Å². The maximum absolute atomic E-state index is 4.10. The average Bonchev–Trinajstić information content (AvgIpc) is 2.35. The van der Waals surface area contributed by atoms with Gasteiger partial charge >= 0.3 is 0 Å². The molecule has 80 valence electrons. The summed E-state index contributed by atoms with van der Waals surface area (Å²) in [5, 5.41) is 0. The van der Waals surface area contributed by atoms with Gasteiger partial charge in [0.2, 0.25) is 0 Å². The van der Waals surface area contributed by atoms with Crippen LogP contribution in [0.5, 0.6) is 0 Å². The lowest BCUT2D eigenvalue weighted by atomic mass is 9.99. The first-order valence-electron chi connectivity index (χ1n) is 5.16. The van der Waals surface area contributed by atoms with Crippen LogP contribution in [-0.2, 0) is 0 Å². The van der Waals surface area contributed by atoms with Crippen molar-refractivity contribution >= 4 is 5.57 Å². The molecule has 0 heteroatoms. The fraction of sp³-hybridized carbons (Fsp3) is 0. The first kappa shape index (κ1) is 12.0. The Morgan fingerprint density at radius 2 is 1.69 bits per heavy atom. The van der Waals surface area contributed by atoms with Crippen molar-refractivity contribution in [1.82, 2.24) is 0 Å². The standard InChI is InChI=1S/C16H16/c1-4-6-11-15(10-5-2)14(3)16-12-8-7-9-13-16/h4-13H,1-3H2/b11-6-,15-10+. The van der Waals surface area contributed by atoms with E-state index < -0.39 is 0 Å². The van der Waals surface area contributed by atoms with Crippen LogP contribution in [0, 0.1) is 0 Å². The lowest BCUT2D eigenvalue weighted by Crippen LogP contribution is -1.85. The molecule has 0 aromatic heterocycles. The lowest BCUT2D eigenvalue weighted by Gasteiger charge is -2.06. The van der Waals surface area contributed by atoms with Gasteiger partial charge in [0.1, 0.15) is 0 Å². The second-order valence-corrected chi connectivity index (χ2v) is 3.30. The molecule has 0 spiro atoms. The normalized spacial score (nSPS) is 11.4. The van der Waals surface area contributed by atoms with Crippen LogP contribution in [0.3, 0.4) is 0 Å². The Morgan fingerprint density at radius 1 is 1.00 bits per heavy atom. The molecule has 0 amide bonds. The third-order valence-corrected chi connectivity index (χ3v) is 2.18. The predicted molar refractivity (Wildman–Crippen MR) is 73.1 cm³/mol. The molecule has 0 unspecified atom stereocenters. The van der Waals surface area contributed by atoms with Gasteiger partial charge in [-0.05, 0) is 16.7 Å². The molecule has 0 saturated carbocycles. The van der Waals surface area contributed by atoms with Gasteiger partial charge in [-0.15, -0.1) is 0 Å². The largest absolute Gasteiger partial charge is 0.0991 e. The molecule has 0 aliphatic heterocycles. The summed E-state index contributed by atoms with van der Waals surface area (Å²) < 4.78 is 0. The average molecular weight is 208 g/mol. The molecule has 0 nitrogen and oxygen atoms in total. The smallest absolute Gasteiger partial charge is 0.0183 e. The maximum Gasteiger partial charge on any atom is -0.0183 e. The predicted octanol–water partition coefficient (Wildman–Crippen LogP) is 4.55. The quantitative estimate of drug-likeness (QED) is 0.622. The minimum atomic E-state index is 0.985. The van der Waals surface area contributed by atoms with Crippen molar-refractivity contribution in [2.75, 3.05) is 0 Å². The summed E-state index contributed by atoms with van der Waals surface area (Å²) in [5.41, 5.74) is 3.14. The molecule has 1 aromatic carbocycles. The SMILES string of the molecule is C=C/C=C\C(=C/C=C)C(=C)c1ccccc1. The third-order valence-electron chi connectivity index (χ3n) is 2.18. The summed E-state index contributed by atoms with van der Waals surface area (Å²) in [7, 11) is 0. The minimum absolute atomic E-state index is 0.985. The van der Waals surface area contributed by atoms with Crippen molar-refractivity contribution in [3.05, 3.63) is 91.6 Å². The van der Waals surface area contributed by atoms with E-state index in [9.17, 15) is 0 Å². The fourth-order valence-corrected chi connectivity index (χ4v) is 1.36. The van der Waals surface area contributed by atoms with E-state index in [1.165, 1.54) is 0 Å². The first-order valence-corrected chi connectivity index (χ1v) is 5.16. The molecule has 0 bridgehead atoms. The molecule has 1 aromatic rings.